The monoisotopic (exact) mass is 278 g/mol. The van der Waals surface area contributed by atoms with Crippen molar-refractivity contribution < 1.29 is 14.2 Å². The molecule has 1 unspecified atom stereocenters. The van der Waals surface area contributed by atoms with Crippen molar-refractivity contribution in [2.75, 3.05) is 44.0 Å². The Morgan fingerprint density at radius 3 is 3.15 bits per heavy atom. The molecular weight excluding hydrogens is 256 g/mol. The lowest BCUT2D eigenvalue weighted by Gasteiger charge is -2.24. The van der Waals surface area contributed by atoms with Crippen LogP contribution in [0.15, 0.2) is 18.2 Å². The number of anilines is 2. The minimum Gasteiger partial charge on any atom is -0.489 e. The molecule has 2 aliphatic rings. The van der Waals surface area contributed by atoms with E-state index in [1.807, 2.05) is 18.2 Å². The van der Waals surface area contributed by atoms with Gasteiger partial charge in [0.15, 0.2) is 0 Å². The molecule has 0 aliphatic carbocycles. The molecule has 0 amide bonds. The van der Waals surface area contributed by atoms with Gasteiger partial charge in [-0.25, -0.2) is 0 Å². The molecule has 1 fully saturated rings. The van der Waals surface area contributed by atoms with Crippen molar-refractivity contribution in [2.45, 2.75) is 18.9 Å². The number of rotatable bonds is 3. The van der Waals surface area contributed by atoms with Crippen LogP contribution in [0.5, 0.6) is 5.75 Å². The summed E-state index contributed by atoms with van der Waals surface area (Å²) >= 11 is 0. The second kappa shape index (κ2) is 6.33. The molecule has 1 aromatic carbocycles. The molecule has 2 atom stereocenters. The second-order valence-electron chi connectivity index (χ2n) is 5.49. The van der Waals surface area contributed by atoms with Gasteiger partial charge in [0.1, 0.15) is 18.5 Å². The van der Waals surface area contributed by atoms with E-state index < -0.39 is 0 Å². The van der Waals surface area contributed by atoms with E-state index in [-0.39, 0.29) is 6.10 Å². The molecule has 0 bridgehead atoms. The van der Waals surface area contributed by atoms with Gasteiger partial charge in [-0.05, 0) is 31.0 Å². The maximum absolute atomic E-state index is 5.97. The van der Waals surface area contributed by atoms with E-state index in [0.717, 1.165) is 49.9 Å². The molecule has 2 heterocycles. The van der Waals surface area contributed by atoms with Gasteiger partial charge in [0.05, 0.1) is 18.9 Å². The fourth-order valence-electron chi connectivity index (χ4n) is 2.60. The zero-order valence-corrected chi connectivity index (χ0v) is 11.6. The summed E-state index contributed by atoms with van der Waals surface area (Å²) in [5.74, 6) is 1.36. The average Bonchev–Trinajstić information content (AvgIpc) is 2.68. The third kappa shape index (κ3) is 3.35. The lowest BCUT2D eigenvalue weighted by Crippen LogP contribution is -2.31. The Morgan fingerprint density at radius 1 is 1.35 bits per heavy atom. The summed E-state index contributed by atoms with van der Waals surface area (Å²) < 4.78 is 17.2. The van der Waals surface area contributed by atoms with Crippen molar-refractivity contribution in [1.82, 2.24) is 0 Å². The molecule has 3 N–H and O–H groups in total. The summed E-state index contributed by atoms with van der Waals surface area (Å²) in [4.78, 5) is 0. The maximum Gasteiger partial charge on any atom is 0.142 e. The molecular formula is C15H22N2O3. The van der Waals surface area contributed by atoms with Crippen LogP contribution in [-0.2, 0) is 9.47 Å². The van der Waals surface area contributed by atoms with Crippen molar-refractivity contribution in [1.29, 1.82) is 0 Å². The van der Waals surface area contributed by atoms with Crippen molar-refractivity contribution in [3.05, 3.63) is 18.2 Å². The minimum atomic E-state index is 0.0607. The number of hydrogen-bond acceptors (Lipinski definition) is 5. The highest BCUT2D eigenvalue weighted by molar-refractivity contribution is 5.63. The topological polar surface area (TPSA) is 65.7 Å². The zero-order chi connectivity index (χ0) is 13.8. The van der Waals surface area contributed by atoms with E-state index in [4.69, 9.17) is 19.9 Å². The molecule has 0 aromatic heterocycles. The zero-order valence-electron chi connectivity index (χ0n) is 11.6. The Kier molecular flexibility index (Phi) is 4.28. The summed E-state index contributed by atoms with van der Waals surface area (Å²) in [6.45, 7) is 3.76. The predicted molar refractivity (Wildman–Crippen MR) is 78.1 cm³/mol. The largest absolute Gasteiger partial charge is 0.489 e. The van der Waals surface area contributed by atoms with E-state index >= 15 is 0 Å². The smallest absolute Gasteiger partial charge is 0.142 e. The summed E-state index contributed by atoms with van der Waals surface area (Å²) in [5.41, 5.74) is 7.46. The molecule has 2 aliphatic heterocycles. The summed E-state index contributed by atoms with van der Waals surface area (Å²) in [5, 5.41) is 3.34. The quantitative estimate of drug-likeness (QED) is 0.827. The number of nitrogen functional groups attached to an aromatic ring is 1. The van der Waals surface area contributed by atoms with Crippen LogP contribution in [0, 0.1) is 5.92 Å². The molecule has 1 saturated heterocycles. The van der Waals surface area contributed by atoms with E-state index in [0.29, 0.717) is 12.5 Å². The summed E-state index contributed by atoms with van der Waals surface area (Å²) in [6, 6.07) is 5.64. The number of hydrogen-bond donors (Lipinski definition) is 2. The van der Waals surface area contributed by atoms with Crippen LogP contribution in [0.25, 0.3) is 0 Å². The fourth-order valence-corrected chi connectivity index (χ4v) is 2.60. The third-order valence-electron chi connectivity index (χ3n) is 3.77. The lowest BCUT2D eigenvalue weighted by atomic mass is 10.0. The molecule has 0 saturated carbocycles. The highest BCUT2D eigenvalue weighted by Gasteiger charge is 2.20. The van der Waals surface area contributed by atoms with Crippen LogP contribution in [-0.4, -0.2) is 39.1 Å². The first-order valence-electron chi connectivity index (χ1n) is 7.27. The minimum absolute atomic E-state index is 0.0607. The van der Waals surface area contributed by atoms with Gasteiger partial charge < -0.3 is 25.3 Å². The number of ether oxygens (including phenoxy) is 3. The molecule has 1 aromatic rings. The Hall–Kier alpha value is -1.46. The van der Waals surface area contributed by atoms with Crippen molar-refractivity contribution in [2.24, 2.45) is 5.92 Å². The SMILES string of the molecule is Nc1ccc2c(c1)NC[C@H](OCC1CCCOC1)CO2. The van der Waals surface area contributed by atoms with Gasteiger partial charge in [-0.1, -0.05) is 0 Å². The summed E-state index contributed by atoms with van der Waals surface area (Å²) in [7, 11) is 0. The first kappa shape index (κ1) is 13.5. The van der Waals surface area contributed by atoms with E-state index in [1.165, 1.54) is 6.42 Å². The van der Waals surface area contributed by atoms with Crippen molar-refractivity contribution >= 4 is 11.4 Å². The van der Waals surface area contributed by atoms with Crippen molar-refractivity contribution in [3.8, 4) is 5.75 Å². The van der Waals surface area contributed by atoms with E-state index in [1.54, 1.807) is 0 Å². The van der Waals surface area contributed by atoms with Crippen LogP contribution in [0.1, 0.15) is 12.8 Å². The normalized spacial score (nSPS) is 26.0. The van der Waals surface area contributed by atoms with Gasteiger partial charge in [-0.15, -0.1) is 0 Å². The Bertz CT molecular complexity index is 447. The Balaban J connectivity index is 1.51. The number of benzene rings is 1. The first-order valence-corrected chi connectivity index (χ1v) is 7.27. The predicted octanol–water partition coefficient (Wildman–Crippen LogP) is 1.88. The van der Waals surface area contributed by atoms with Gasteiger partial charge in [0.2, 0.25) is 0 Å². The Morgan fingerprint density at radius 2 is 2.30 bits per heavy atom. The second-order valence-corrected chi connectivity index (χ2v) is 5.49. The van der Waals surface area contributed by atoms with Crippen LogP contribution < -0.4 is 15.8 Å². The summed E-state index contributed by atoms with van der Waals surface area (Å²) in [6.07, 6.45) is 2.39. The molecule has 3 rings (SSSR count). The van der Waals surface area contributed by atoms with Gasteiger partial charge >= 0.3 is 0 Å². The molecule has 5 heteroatoms. The lowest BCUT2D eigenvalue weighted by molar-refractivity contribution is -0.0298. The molecule has 0 radical (unpaired) electrons. The molecule has 5 nitrogen and oxygen atoms in total. The van der Waals surface area contributed by atoms with Gasteiger partial charge in [-0.3, -0.25) is 0 Å². The highest BCUT2D eigenvalue weighted by Crippen LogP contribution is 2.29. The Labute approximate surface area is 119 Å². The number of fused-ring (bicyclic) bond motifs is 1. The molecule has 20 heavy (non-hydrogen) atoms. The van der Waals surface area contributed by atoms with Crippen molar-refractivity contribution in [3.63, 3.8) is 0 Å². The van der Waals surface area contributed by atoms with Gasteiger partial charge in [-0.2, -0.15) is 0 Å². The van der Waals surface area contributed by atoms with Gasteiger partial charge in [0, 0.05) is 24.8 Å². The first-order chi connectivity index (χ1) is 9.81. The average molecular weight is 278 g/mol. The number of nitrogens with two attached hydrogens (primary N) is 1. The highest BCUT2D eigenvalue weighted by atomic mass is 16.5. The number of nitrogens with one attached hydrogen (secondary N) is 1. The molecule has 110 valence electrons. The van der Waals surface area contributed by atoms with Crippen LogP contribution in [0.2, 0.25) is 0 Å². The molecule has 0 spiro atoms. The van der Waals surface area contributed by atoms with Crippen LogP contribution in [0.4, 0.5) is 11.4 Å². The maximum atomic E-state index is 5.97. The van der Waals surface area contributed by atoms with E-state index in [2.05, 4.69) is 5.32 Å². The van der Waals surface area contributed by atoms with Gasteiger partial charge in [0.25, 0.3) is 0 Å². The fraction of sp³-hybridized carbons (Fsp3) is 0.600. The van der Waals surface area contributed by atoms with Crippen LogP contribution in [0.3, 0.4) is 0 Å². The standard InChI is InChI=1S/C15H22N2O3/c16-12-3-4-15-14(6-12)17-7-13(10-20-15)19-9-11-2-1-5-18-8-11/h3-4,6,11,13,17H,1-2,5,7-10,16H2/t11?,13-/m0/s1. The van der Waals surface area contributed by atoms with E-state index in [9.17, 15) is 0 Å². The van der Waals surface area contributed by atoms with Crippen LogP contribution >= 0.6 is 0 Å². The third-order valence-corrected chi connectivity index (χ3v) is 3.77.